The number of likely N-dealkylation sites (tertiary alicyclic amines) is 1. The highest BCUT2D eigenvalue weighted by Gasteiger charge is 2.30. The molecule has 5 heteroatoms. The Morgan fingerprint density at radius 2 is 1.95 bits per heavy atom. The Labute approximate surface area is 119 Å². The van der Waals surface area contributed by atoms with E-state index in [0.29, 0.717) is 11.5 Å². The third kappa shape index (κ3) is 2.49. The second kappa shape index (κ2) is 5.38. The van der Waals surface area contributed by atoms with E-state index in [9.17, 15) is 9.59 Å². The lowest BCUT2D eigenvalue weighted by molar-refractivity contribution is 0.0584. The molecule has 0 aliphatic carbocycles. The molecule has 1 saturated heterocycles. The first-order chi connectivity index (χ1) is 9.32. The minimum atomic E-state index is -0.302. The summed E-state index contributed by atoms with van der Waals surface area (Å²) in [6, 6.07) is 0.184. The lowest BCUT2D eigenvalue weighted by atomic mass is 9.92. The first-order valence-corrected chi connectivity index (χ1v) is 7.18. The van der Waals surface area contributed by atoms with Gasteiger partial charge >= 0.3 is 0 Å². The van der Waals surface area contributed by atoms with Crippen LogP contribution < -0.4 is 5.56 Å². The summed E-state index contributed by atoms with van der Waals surface area (Å²) in [6.45, 7) is 8.62. The fourth-order valence-corrected chi connectivity index (χ4v) is 2.95. The van der Waals surface area contributed by atoms with Gasteiger partial charge in [-0.3, -0.25) is 9.59 Å². The molecule has 1 aromatic rings. The molecule has 2 atom stereocenters. The number of nitrogens with zero attached hydrogens (tertiary/aromatic N) is 3. The zero-order chi connectivity index (χ0) is 15.0. The second-order valence-electron chi connectivity index (χ2n) is 5.99. The largest absolute Gasteiger partial charge is 0.336 e. The molecule has 20 heavy (non-hydrogen) atoms. The maximum atomic E-state index is 12.7. The van der Waals surface area contributed by atoms with Gasteiger partial charge in [0.05, 0.1) is 5.69 Å². The van der Waals surface area contributed by atoms with Crippen molar-refractivity contribution in [3.63, 3.8) is 0 Å². The van der Waals surface area contributed by atoms with Gasteiger partial charge in [0.1, 0.15) is 5.56 Å². The van der Waals surface area contributed by atoms with Gasteiger partial charge in [-0.1, -0.05) is 6.92 Å². The fraction of sp³-hybridized carbons (Fsp3) is 0.667. The smallest absolute Gasteiger partial charge is 0.279 e. The van der Waals surface area contributed by atoms with Crippen LogP contribution in [0.3, 0.4) is 0 Å². The van der Waals surface area contributed by atoms with E-state index in [-0.39, 0.29) is 23.1 Å². The van der Waals surface area contributed by atoms with E-state index < -0.39 is 0 Å². The summed E-state index contributed by atoms with van der Waals surface area (Å²) < 4.78 is 1.26. The predicted molar refractivity (Wildman–Crippen MR) is 77.8 cm³/mol. The third-order valence-corrected chi connectivity index (χ3v) is 4.34. The van der Waals surface area contributed by atoms with Gasteiger partial charge in [-0.2, -0.15) is 5.10 Å². The van der Waals surface area contributed by atoms with Gasteiger partial charge in [-0.05, 0) is 45.1 Å². The lowest BCUT2D eigenvalue weighted by Gasteiger charge is -2.36. The van der Waals surface area contributed by atoms with Crippen molar-refractivity contribution in [2.24, 2.45) is 13.0 Å². The van der Waals surface area contributed by atoms with Crippen molar-refractivity contribution >= 4 is 5.91 Å². The summed E-state index contributed by atoms with van der Waals surface area (Å²) in [5.74, 6) is 0.491. The summed E-state index contributed by atoms with van der Waals surface area (Å²) in [4.78, 5) is 26.8. The molecule has 0 radical (unpaired) electrons. The summed E-state index contributed by atoms with van der Waals surface area (Å²) in [6.07, 6.45) is 1.99. The Morgan fingerprint density at radius 3 is 2.55 bits per heavy atom. The molecule has 0 saturated carbocycles. The van der Waals surface area contributed by atoms with Crippen LogP contribution in [0, 0.1) is 19.8 Å². The van der Waals surface area contributed by atoms with E-state index >= 15 is 0 Å². The molecule has 2 rings (SSSR count). The highest BCUT2D eigenvalue weighted by molar-refractivity contribution is 5.95. The van der Waals surface area contributed by atoms with Crippen molar-refractivity contribution in [2.75, 3.05) is 6.54 Å². The number of amides is 1. The highest BCUT2D eigenvalue weighted by Crippen LogP contribution is 2.24. The summed E-state index contributed by atoms with van der Waals surface area (Å²) >= 11 is 0. The average Bonchev–Trinajstić information content (AvgIpc) is 2.36. The molecule has 1 amide bonds. The monoisotopic (exact) mass is 277 g/mol. The van der Waals surface area contributed by atoms with E-state index in [4.69, 9.17) is 0 Å². The molecule has 0 spiro atoms. The van der Waals surface area contributed by atoms with Gasteiger partial charge in [0.15, 0.2) is 0 Å². The van der Waals surface area contributed by atoms with E-state index in [1.807, 2.05) is 11.8 Å². The maximum Gasteiger partial charge on any atom is 0.279 e. The van der Waals surface area contributed by atoms with Crippen molar-refractivity contribution in [1.29, 1.82) is 0 Å². The van der Waals surface area contributed by atoms with Gasteiger partial charge in [-0.25, -0.2) is 4.68 Å². The van der Waals surface area contributed by atoms with Crippen LogP contribution in [0.25, 0.3) is 0 Å². The quantitative estimate of drug-likeness (QED) is 0.784. The highest BCUT2D eigenvalue weighted by atomic mass is 16.2. The predicted octanol–water partition coefficient (Wildman–Crippen LogP) is 1.66. The van der Waals surface area contributed by atoms with Crippen LogP contribution in [0.5, 0.6) is 0 Å². The molecule has 0 N–H and O–H groups in total. The van der Waals surface area contributed by atoms with Crippen molar-refractivity contribution < 1.29 is 4.79 Å². The second-order valence-corrected chi connectivity index (χ2v) is 5.99. The molecule has 5 nitrogen and oxygen atoms in total. The topological polar surface area (TPSA) is 55.2 Å². The number of piperidine rings is 1. The average molecular weight is 277 g/mol. The molecular weight excluding hydrogens is 254 g/mol. The molecular formula is C15H23N3O2. The molecule has 0 aromatic carbocycles. The summed E-state index contributed by atoms with van der Waals surface area (Å²) in [7, 11) is 1.59. The Hall–Kier alpha value is -1.65. The summed E-state index contributed by atoms with van der Waals surface area (Å²) in [5.41, 5.74) is 1.41. The number of hydrogen-bond acceptors (Lipinski definition) is 3. The maximum absolute atomic E-state index is 12.7. The first kappa shape index (κ1) is 14.8. The SMILES string of the molecule is Cc1nn(C)c(=O)c(C(=O)N2CCC(C)CC2C)c1C. The molecule has 110 valence electrons. The molecule has 2 heterocycles. The number of carbonyl (C=O) groups excluding carboxylic acids is 1. The van der Waals surface area contributed by atoms with E-state index in [1.165, 1.54) is 4.68 Å². The van der Waals surface area contributed by atoms with E-state index in [1.54, 1.807) is 14.0 Å². The van der Waals surface area contributed by atoms with Crippen LogP contribution in [0.4, 0.5) is 0 Å². The Morgan fingerprint density at radius 1 is 1.30 bits per heavy atom. The number of carbonyl (C=O) groups is 1. The summed E-state index contributed by atoms with van der Waals surface area (Å²) in [5, 5.41) is 4.13. The van der Waals surface area contributed by atoms with Crippen molar-refractivity contribution in [2.45, 2.75) is 46.6 Å². The Bertz CT molecular complexity index is 592. The zero-order valence-corrected chi connectivity index (χ0v) is 12.9. The molecule has 1 fully saturated rings. The van der Waals surface area contributed by atoms with Crippen LogP contribution in [-0.4, -0.2) is 33.2 Å². The lowest BCUT2D eigenvalue weighted by Crippen LogP contribution is -2.46. The van der Waals surface area contributed by atoms with Gasteiger partial charge in [0.2, 0.25) is 0 Å². The van der Waals surface area contributed by atoms with Gasteiger partial charge in [0.25, 0.3) is 11.5 Å². The number of aryl methyl sites for hydroxylation is 2. The molecule has 1 aliphatic rings. The minimum Gasteiger partial charge on any atom is -0.336 e. The third-order valence-electron chi connectivity index (χ3n) is 4.34. The van der Waals surface area contributed by atoms with Gasteiger partial charge < -0.3 is 4.90 Å². The first-order valence-electron chi connectivity index (χ1n) is 7.18. The van der Waals surface area contributed by atoms with Gasteiger partial charge in [-0.15, -0.1) is 0 Å². The van der Waals surface area contributed by atoms with Crippen LogP contribution in [0.2, 0.25) is 0 Å². The standard InChI is InChI=1S/C15H23N3O2/c1-9-6-7-18(10(2)8-9)15(20)13-11(3)12(4)16-17(5)14(13)19/h9-10H,6-8H2,1-5H3. The number of aromatic nitrogens is 2. The van der Waals surface area contributed by atoms with Crippen molar-refractivity contribution in [3.8, 4) is 0 Å². The van der Waals surface area contributed by atoms with E-state index in [0.717, 1.165) is 25.1 Å². The van der Waals surface area contributed by atoms with Crippen molar-refractivity contribution in [1.82, 2.24) is 14.7 Å². The Kier molecular flexibility index (Phi) is 3.97. The minimum absolute atomic E-state index is 0.145. The van der Waals surface area contributed by atoms with Crippen molar-refractivity contribution in [3.05, 3.63) is 27.2 Å². The van der Waals surface area contributed by atoms with Crippen LogP contribution in [0.1, 0.15) is 48.3 Å². The van der Waals surface area contributed by atoms with Crippen LogP contribution >= 0.6 is 0 Å². The van der Waals surface area contributed by atoms with Crippen LogP contribution in [-0.2, 0) is 7.05 Å². The molecule has 0 bridgehead atoms. The number of hydrogen-bond donors (Lipinski definition) is 0. The molecule has 1 aliphatic heterocycles. The van der Waals surface area contributed by atoms with Crippen LogP contribution in [0.15, 0.2) is 4.79 Å². The zero-order valence-electron chi connectivity index (χ0n) is 12.9. The molecule has 1 aromatic heterocycles. The Balaban J connectivity index is 2.42. The number of rotatable bonds is 1. The molecule has 2 unspecified atom stereocenters. The normalized spacial score (nSPS) is 22.9. The van der Waals surface area contributed by atoms with E-state index in [2.05, 4.69) is 18.9 Å². The van der Waals surface area contributed by atoms with Gasteiger partial charge in [0, 0.05) is 19.6 Å². The fourth-order valence-electron chi connectivity index (χ4n) is 2.95.